The first-order valence-corrected chi connectivity index (χ1v) is 4.52. The largest absolute Gasteiger partial charge is 0.479 e. The normalized spacial score (nSPS) is 14.9. The molecule has 14 heavy (non-hydrogen) atoms. The quantitative estimate of drug-likeness (QED) is 0.826. The summed E-state index contributed by atoms with van der Waals surface area (Å²) in [6, 6.07) is 4.29. The summed E-state index contributed by atoms with van der Waals surface area (Å²) >= 11 is 11.4. The summed E-state index contributed by atoms with van der Waals surface area (Å²) in [6.07, 6.45) is 0. The molecule has 2 N–H and O–H groups in total. The second-order valence-corrected chi connectivity index (χ2v) is 3.85. The van der Waals surface area contributed by atoms with Gasteiger partial charge in [-0.15, -0.1) is 0 Å². The summed E-state index contributed by atoms with van der Waals surface area (Å²) in [6.45, 7) is 1.15. The summed E-state index contributed by atoms with van der Waals surface area (Å²) in [4.78, 5) is 10.7. The van der Waals surface area contributed by atoms with Crippen LogP contribution in [-0.4, -0.2) is 16.2 Å². The molecule has 0 spiro atoms. The van der Waals surface area contributed by atoms with Crippen molar-refractivity contribution >= 4 is 29.2 Å². The molecule has 1 rings (SSSR count). The molecule has 0 amide bonds. The van der Waals surface area contributed by atoms with Gasteiger partial charge in [-0.25, -0.2) is 4.79 Å². The van der Waals surface area contributed by atoms with Gasteiger partial charge in [0.05, 0.1) is 0 Å². The lowest BCUT2D eigenvalue weighted by Crippen LogP contribution is -2.32. The number of carboxylic acid groups (broad SMARTS) is 1. The zero-order chi connectivity index (χ0) is 10.9. The van der Waals surface area contributed by atoms with Crippen LogP contribution < -0.4 is 0 Å². The Hall–Kier alpha value is -0.770. The van der Waals surface area contributed by atoms with Crippen LogP contribution in [0.25, 0.3) is 0 Å². The first kappa shape index (κ1) is 11.3. The Labute approximate surface area is 90.9 Å². The molecule has 0 saturated carbocycles. The molecule has 1 atom stereocenters. The van der Waals surface area contributed by atoms with Crippen molar-refractivity contribution in [1.82, 2.24) is 0 Å². The molecule has 0 saturated heterocycles. The van der Waals surface area contributed by atoms with E-state index in [-0.39, 0.29) is 10.6 Å². The number of carbonyl (C=O) groups is 1. The fraction of sp³-hybridized carbons (Fsp3) is 0.222. The third-order valence-corrected chi connectivity index (χ3v) is 2.43. The number of aliphatic hydroxyl groups is 1. The summed E-state index contributed by atoms with van der Waals surface area (Å²) in [5.74, 6) is -1.37. The maximum absolute atomic E-state index is 10.7. The van der Waals surface area contributed by atoms with Crippen molar-refractivity contribution in [3.8, 4) is 0 Å². The van der Waals surface area contributed by atoms with Gasteiger partial charge < -0.3 is 10.2 Å². The smallest absolute Gasteiger partial charge is 0.340 e. The monoisotopic (exact) mass is 234 g/mol. The van der Waals surface area contributed by atoms with Crippen LogP contribution in [0, 0.1) is 0 Å². The molecule has 0 bridgehead atoms. The predicted molar refractivity (Wildman–Crippen MR) is 53.7 cm³/mol. The van der Waals surface area contributed by atoms with Crippen molar-refractivity contribution in [2.24, 2.45) is 0 Å². The van der Waals surface area contributed by atoms with Crippen LogP contribution in [0.15, 0.2) is 18.2 Å². The van der Waals surface area contributed by atoms with Crippen molar-refractivity contribution in [3.05, 3.63) is 33.8 Å². The Morgan fingerprint density at radius 2 is 2.00 bits per heavy atom. The minimum Gasteiger partial charge on any atom is -0.479 e. The van der Waals surface area contributed by atoms with E-state index in [0.717, 1.165) is 6.92 Å². The van der Waals surface area contributed by atoms with Crippen molar-refractivity contribution in [3.63, 3.8) is 0 Å². The molecule has 76 valence electrons. The standard InChI is InChI=1S/C9H8Cl2O3/c1-9(14,8(12)13)6-4-5(10)2-3-7(6)11/h2-4,14H,1H3,(H,12,13). The minimum atomic E-state index is -2.03. The lowest BCUT2D eigenvalue weighted by atomic mass is 9.96. The number of aliphatic carboxylic acids is 1. The molecule has 0 aliphatic rings. The van der Waals surface area contributed by atoms with E-state index in [1.165, 1.54) is 18.2 Å². The van der Waals surface area contributed by atoms with Crippen molar-refractivity contribution in [1.29, 1.82) is 0 Å². The molecule has 0 radical (unpaired) electrons. The van der Waals surface area contributed by atoms with E-state index in [1.54, 1.807) is 0 Å². The van der Waals surface area contributed by atoms with Gasteiger partial charge >= 0.3 is 5.97 Å². The van der Waals surface area contributed by atoms with E-state index in [0.29, 0.717) is 5.02 Å². The third kappa shape index (κ3) is 2.00. The van der Waals surface area contributed by atoms with Crippen LogP contribution in [0.3, 0.4) is 0 Å². The van der Waals surface area contributed by atoms with E-state index in [4.69, 9.17) is 28.3 Å². The second kappa shape index (κ2) is 3.77. The van der Waals surface area contributed by atoms with Crippen LogP contribution in [0.1, 0.15) is 12.5 Å². The molecule has 1 aromatic carbocycles. The van der Waals surface area contributed by atoms with Gasteiger partial charge in [0.25, 0.3) is 0 Å². The average Bonchev–Trinajstić information content (AvgIpc) is 2.08. The maximum atomic E-state index is 10.7. The molecular weight excluding hydrogens is 227 g/mol. The van der Waals surface area contributed by atoms with Gasteiger partial charge in [-0.05, 0) is 25.1 Å². The molecule has 5 heteroatoms. The van der Waals surface area contributed by atoms with Gasteiger partial charge in [-0.2, -0.15) is 0 Å². The first-order chi connectivity index (χ1) is 6.35. The van der Waals surface area contributed by atoms with Crippen molar-refractivity contribution in [2.45, 2.75) is 12.5 Å². The average molecular weight is 235 g/mol. The molecule has 1 aromatic rings. The Morgan fingerprint density at radius 1 is 1.43 bits per heavy atom. The van der Waals surface area contributed by atoms with E-state index < -0.39 is 11.6 Å². The summed E-state index contributed by atoms with van der Waals surface area (Å²) in [7, 11) is 0. The number of benzene rings is 1. The molecule has 0 aliphatic carbocycles. The Balaban J connectivity index is 3.31. The fourth-order valence-electron chi connectivity index (χ4n) is 0.986. The highest BCUT2D eigenvalue weighted by Crippen LogP contribution is 2.30. The van der Waals surface area contributed by atoms with Crippen LogP contribution in [0.5, 0.6) is 0 Å². The van der Waals surface area contributed by atoms with E-state index in [9.17, 15) is 9.90 Å². The SMILES string of the molecule is CC(O)(C(=O)O)c1cc(Cl)ccc1Cl. The molecule has 0 aromatic heterocycles. The Morgan fingerprint density at radius 3 is 2.50 bits per heavy atom. The van der Waals surface area contributed by atoms with Crippen LogP contribution in [0.4, 0.5) is 0 Å². The zero-order valence-corrected chi connectivity index (χ0v) is 8.80. The van der Waals surface area contributed by atoms with Crippen molar-refractivity contribution in [2.75, 3.05) is 0 Å². The molecular formula is C9H8Cl2O3. The third-order valence-electron chi connectivity index (χ3n) is 1.87. The number of hydrogen-bond donors (Lipinski definition) is 2. The van der Waals surface area contributed by atoms with Crippen molar-refractivity contribution < 1.29 is 15.0 Å². The van der Waals surface area contributed by atoms with Crippen LogP contribution in [0.2, 0.25) is 10.0 Å². The highest BCUT2D eigenvalue weighted by molar-refractivity contribution is 6.33. The molecule has 3 nitrogen and oxygen atoms in total. The lowest BCUT2D eigenvalue weighted by molar-refractivity contribution is -0.157. The van der Waals surface area contributed by atoms with Gasteiger partial charge in [0.15, 0.2) is 5.60 Å². The fourth-order valence-corrected chi connectivity index (χ4v) is 1.46. The topological polar surface area (TPSA) is 57.5 Å². The zero-order valence-electron chi connectivity index (χ0n) is 7.29. The summed E-state index contributed by atoms with van der Waals surface area (Å²) < 4.78 is 0. The van der Waals surface area contributed by atoms with Gasteiger partial charge in [-0.1, -0.05) is 23.2 Å². The van der Waals surface area contributed by atoms with Gasteiger partial charge in [-0.3, -0.25) is 0 Å². The van der Waals surface area contributed by atoms with E-state index >= 15 is 0 Å². The first-order valence-electron chi connectivity index (χ1n) is 3.77. The molecule has 0 fully saturated rings. The predicted octanol–water partition coefficient (Wildman–Crippen LogP) is 2.29. The van der Waals surface area contributed by atoms with Gasteiger partial charge in [0, 0.05) is 15.6 Å². The highest BCUT2D eigenvalue weighted by Gasteiger charge is 2.34. The molecule has 1 unspecified atom stereocenters. The van der Waals surface area contributed by atoms with Gasteiger partial charge in [0.1, 0.15) is 0 Å². The van der Waals surface area contributed by atoms with E-state index in [1.807, 2.05) is 0 Å². The highest BCUT2D eigenvalue weighted by atomic mass is 35.5. The number of hydrogen-bond acceptors (Lipinski definition) is 2. The second-order valence-electron chi connectivity index (χ2n) is 3.00. The summed E-state index contributed by atoms with van der Waals surface area (Å²) in [5, 5.41) is 18.9. The lowest BCUT2D eigenvalue weighted by Gasteiger charge is -2.19. The maximum Gasteiger partial charge on any atom is 0.340 e. The number of halogens is 2. The molecule has 0 heterocycles. The van der Waals surface area contributed by atoms with Gasteiger partial charge in [0.2, 0.25) is 0 Å². The molecule has 0 aliphatic heterocycles. The number of carboxylic acids is 1. The number of rotatable bonds is 2. The van der Waals surface area contributed by atoms with E-state index in [2.05, 4.69) is 0 Å². The Bertz CT molecular complexity index is 374. The summed E-state index contributed by atoms with van der Waals surface area (Å²) in [5.41, 5.74) is -1.94. The Kier molecular flexibility index (Phi) is 3.04. The van der Waals surface area contributed by atoms with Crippen LogP contribution >= 0.6 is 23.2 Å². The van der Waals surface area contributed by atoms with Crippen LogP contribution in [-0.2, 0) is 10.4 Å². The minimum absolute atomic E-state index is 0.0826.